The van der Waals surface area contributed by atoms with Crippen LogP contribution in [0.3, 0.4) is 0 Å². The molecule has 1 saturated heterocycles. The summed E-state index contributed by atoms with van der Waals surface area (Å²) in [4.78, 5) is 4.47. The van der Waals surface area contributed by atoms with E-state index in [1.165, 1.54) is 0 Å². The fourth-order valence-corrected chi connectivity index (χ4v) is 2.81. The summed E-state index contributed by atoms with van der Waals surface area (Å²) in [5.74, 6) is 0. The van der Waals surface area contributed by atoms with Crippen molar-refractivity contribution in [3.63, 3.8) is 0 Å². The van der Waals surface area contributed by atoms with Crippen molar-refractivity contribution in [2.45, 2.75) is 25.1 Å². The molecule has 0 bridgehead atoms. The molecule has 4 nitrogen and oxygen atoms in total. The third-order valence-electron chi connectivity index (χ3n) is 3.53. The Morgan fingerprint density at radius 3 is 2.84 bits per heavy atom. The van der Waals surface area contributed by atoms with Gasteiger partial charge in [-0.05, 0) is 38.2 Å². The van der Waals surface area contributed by atoms with Crippen molar-refractivity contribution < 1.29 is 5.11 Å². The van der Waals surface area contributed by atoms with Crippen LogP contribution in [0.2, 0.25) is 5.02 Å². The Bertz CT molecular complexity index is 439. The zero-order valence-electron chi connectivity index (χ0n) is 11.5. The highest BCUT2D eigenvalue weighted by Crippen LogP contribution is 2.24. The molecule has 1 aromatic rings. The second kappa shape index (κ2) is 6.09. The Morgan fingerprint density at radius 1 is 1.47 bits per heavy atom. The van der Waals surface area contributed by atoms with Gasteiger partial charge < -0.3 is 15.7 Å². The molecule has 0 radical (unpaired) electrons. The number of likely N-dealkylation sites (tertiary alicyclic amines) is 1. The van der Waals surface area contributed by atoms with Crippen LogP contribution in [-0.4, -0.2) is 54.2 Å². The van der Waals surface area contributed by atoms with E-state index in [9.17, 15) is 5.11 Å². The van der Waals surface area contributed by atoms with E-state index in [-0.39, 0.29) is 6.10 Å². The molecule has 0 spiro atoms. The van der Waals surface area contributed by atoms with E-state index in [0.717, 1.165) is 31.6 Å². The minimum absolute atomic E-state index is 0.227. The van der Waals surface area contributed by atoms with E-state index in [0.29, 0.717) is 16.8 Å². The molecule has 1 aliphatic rings. The van der Waals surface area contributed by atoms with Crippen LogP contribution in [0.1, 0.15) is 12.0 Å². The van der Waals surface area contributed by atoms with Crippen LogP contribution >= 0.6 is 11.6 Å². The lowest BCUT2D eigenvalue weighted by Gasteiger charge is -2.26. The minimum atomic E-state index is -0.227. The summed E-state index contributed by atoms with van der Waals surface area (Å²) < 4.78 is 0. The fourth-order valence-electron chi connectivity index (χ4n) is 2.69. The monoisotopic (exact) mass is 283 g/mol. The smallest absolute Gasteiger partial charge is 0.0682 e. The van der Waals surface area contributed by atoms with Crippen molar-refractivity contribution >= 4 is 17.3 Å². The number of aliphatic hydroxyl groups excluding tert-OH is 1. The summed E-state index contributed by atoms with van der Waals surface area (Å²) in [5.41, 5.74) is 7.58. The molecule has 0 aliphatic carbocycles. The van der Waals surface area contributed by atoms with Crippen molar-refractivity contribution in [2.75, 3.05) is 32.9 Å². The SMILES string of the molecule is CN(C)CC1CC(O)CN1Cc1ccc(Cl)c(N)c1. The molecule has 2 rings (SSSR count). The van der Waals surface area contributed by atoms with E-state index >= 15 is 0 Å². The molecule has 2 atom stereocenters. The first kappa shape index (κ1) is 14.6. The number of benzene rings is 1. The maximum Gasteiger partial charge on any atom is 0.0682 e. The number of likely N-dealkylation sites (N-methyl/N-ethyl adjacent to an activating group) is 1. The number of halogens is 1. The minimum Gasteiger partial charge on any atom is -0.398 e. The molecule has 0 amide bonds. The van der Waals surface area contributed by atoms with Gasteiger partial charge in [0.05, 0.1) is 16.8 Å². The molecular formula is C14H22ClN3O. The van der Waals surface area contributed by atoms with Crippen molar-refractivity contribution in [1.82, 2.24) is 9.80 Å². The normalized spacial score (nSPS) is 24.3. The first-order valence-electron chi connectivity index (χ1n) is 6.56. The first-order chi connectivity index (χ1) is 8.95. The zero-order valence-corrected chi connectivity index (χ0v) is 12.3. The van der Waals surface area contributed by atoms with Gasteiger partial charge in [-0.3, -0.25) is 4.90 Å². The third kappa shape index (κ3) is 3.83. The fraction of sp³-hybridized carbons (Fsp3) is 0.571. The van der Waals surface area contributed by atoms with Crippen molar-refractivity contribution in [2.24, 2.45) is 0 Å². The average molecular weight is 284 g/mol. The van der Waals surface area contributed by atoms with Crippen LogP contribution in [-0.2, 0) is 6.54 Å². The van der Waals surface area contributed by atoms with Gasteiger partial charge in [0.1, 0.15) is 0 Å². The highest BCUT2D eigenvalue weighted by molar-refractivity contribution is 6.33. The standard InChI is InChI=1S/C14H22ClN3O/c1-17(2)8-11-6-12(19)9-18(11)7-10-3-4-13(15)14(16)5-10/h3-5,11-12,19H,6-9,16H2,1-2H3. The molecule has 1 heterocycles. The Hall–Kier alpha value is -0.810. The van der Waals surface area contributed by atoms with Gasteiger partial charge in [0.2, 0.25) is 0 Å². The van der Waals surface area contributed by atoms with E-state index in [4.69, 9.17) is 17.3 Å². The number of aliphatic hydroxyl groups is 1. The number of anilines is 1. The molecule has 0 aromatic heterocycles. The molecule has 19 heavy (non-hydrogen) atoms. The molecule has 1 aromatic carbocycles. The summed E-state index contributed by atoms with van der Waals surface area (Å²) in [7, 11) is 4.12. The Labute approximate surface area is 119 Å². The summed E-state index contributed by atoms with van der Waals surface area (Å²) in [6.07, 6.45) is 0.607. The molecule has 0 saturated carbocycles. The Morgan fingerprint density at radius 2 is 2.21 bits per heavy atom. The quantitative estimate of drug-likeness (QED) is 0.821. The molecule has 1 fully saturated rings. The molecule has 106 valence electrons. The van der Waals surface area contributed by atoms with Crippen molar-refractivity contribution in [1.29, 1.82) is 0 Å². The molecule has 5 heteroatoms. The lowest BCUT2D eigenvalue weighted by Crippen LogP contribution is -2.37. The van der Waals surface area contributed by atoms with Gasteiger partial charge in [-0.25, -0.2) is 0 Å². The molecule has 1 aliphatic heterocycles. The van der Waals surface area contributed by atoms with E-state index in [1.807, 2.05) is 18.2 Å². The number of nitrogens with two attached hydrogens (primary N) is 1. The number of nitrogen functional groups attached to an aromatic ring is 1. The van der Waals surface area contributed by atoms with Gasteiger partial charge in [-0.2, -0.15) is 0 Å². The van der Waals surface area contributed by atoms with Crippen LogP contribution < -0.4 is 5.73 Å². The lowest BCUT2D eigenvalue weighted by molar-refractivity contribution is 0.169. The summed E-state index contributed by atoms with van der Waals surface area (Å²) >= 11 is 5.93. The second-order valence-electron chi connectivity index (χ2n) is 5.59. The van der Waals surface area contributed by atoms with Crippen molar-refractivity contribution in [3.05, 3.63) is 28.8 Å². The number of rotatable bonds is 4. The second-order valence-corrected chi connectivity index (χ2v) is 6.00. The van der Waals surface area contributed by atoms with Gasteiger partial charge in [0, 0.05) is 25.7 Å². The number of hydrogen-bond donors (Lipinski definition) is 2. The van der Waals surface area contributed by atoms with Crippen LogP contribution in [0.4, 0.5) is 5.69 Å². The predicted molar refractivity (Wildman–Crippen MR) is 79.2 cm³/mol. The first-order valence-corrected chi connectivity index (χ1v) is 6.94. The van der Waals surface area contributed by atoms with Gasteiger partial charge in [0.25, 0.3) is 0 Å². The van der Waals surface area contributed by atoms with E-state index in [2.05, 4.69) is 23.9 Å². The topological polar surface area (TPSA) is 52.7 Å². The Kier molecular flexibility index (Phi) is 4.68. The van der Waals surface area contributed by atoms with Crippen LogP contribution in [0.5, 0.6) is 0 Å². The zero-order chi connectivity index (χ0) is 14.0. The number of hydrogen-bond acceptors (Lipinski definition) is 4. The molecule has 3 N–H and O–H groups in total. The van der Waals surface area contributed by atoms with Crippen molar-refractivity contribution in [3.8, 4) is 0 Å². The predicted octanol–water partition coefficient (Wildman–Crippen LogP) is 1.42. The summed E-state index contributed by atoms with van der Waals surface area (Å²) in [6, 6.07) is 6.14. The third-order valence-corrected chi connectivity index (χ3v) is 3.87. The van der Waals surface area contributed by atoms with Gasteiger partial charge in [-0.1, -0.05) is 17.7 Å². The number of nitrogens with zero attached hydrogens (tertiary/aromatic N) is 2. The van der Waals surface area contributed by atoms with Crippen LogP contribution in [0.15, 0.2) is 18.2 Å². The van der Waals surface area contributed by atoms with E-state index < -0.39 is 0 Å². The summed E-state index contributed by atoms with van der Waals surface area (Å²) in [5, 5.41) is 10.4. The maximum absolute atomic E-state index is 9.85. The van der Waals surface area contributed by atoms with Crippen LogP contribution in [0, 0.1) is 0 Å². The van der Waals surface area contributed by atoms with Gasteiger partial charge >= 0.3 is 0 Å². The van der Waals surface area contributed by atoms with Gasteiger partial charge in [0.15, 0.2) is 0 Å². The average Bonchev–Trinajstić information content (AvgIpc) is 2.63. The Balaban J connectivity index is 2.05. The maximum atomic E-state index is 9.85. The van der Waals surface area contributed by atoms with E-state index in [1.54, 1.807) is 0 Å². The largest absolute Gasteiger partial charge is 0.398 e. The van der Waals surface area contributed by atoms with Crippen LogP contribution in [0.25, 0.3) is 0 Å². The lowest BCUT2D eigenvalue weighted by atomic mass is 10.1. The summed E-state index contributed by atoms with van der Waals surface area (Å²) in [6.45, 7) is 2.48. The highest BCUT2D eigenvalue weighted by Gasteiger charge is 2.30. The molecule has 2 unspecified atom stereocenters. The molecular weight excluding hydrogens is 262 g/mol. The van der Waals surface area contributed by atoms with Gasteiger partial charge in [-0.15, -0.1) is 0 Å². The number of β-amino-alcohol motifs (C(OH)–C–C–N with tert-alkyl or cyclic N) is 1. The highest BCUT2D eigenvalue weighted by atomic mass is 35.5.